The molecular weight excluding hydrogens is 280 g/mol. The minimum absolute atomic E-state index is 0.161. The number of nitrogens with zero attached hydrogens (tertiary/aromatic N) is 1. The molecule has 5 heteroatoms. The van der Waals surface area contributed by atoms with Crippen LogP contribution in [-0.2, 0) is 6.42 Å². The van der Waals surface area contributed by atoms with Crippen molar-refractivity contribution in [1.82, 2.24) is 10.3 Å². The van der Waals surface area contributed by atoms with Gasteiger partial charge in [-0.05, 0) is 18.2 Å². The van der Waals surface area contributed by atoms with Gasteiger partial charge in [-0.3, -0.25) is 4.79 Å². The maximum absolute atomic E-state index is 12.0. The van der Waals surface area contributed by atoms with E-state index in [1.165, 1.54) is 13.3 Å². The maximum atomic E-state index is 12.0. The van der Waals surface area contributed by atoms with Crippen molar-refractivity contribution in [3.05, 3.63) is 60.0 Å². The first-order valence-electron chi connectivity index (χ1n) is 7.02. The second kappa shape index (κ2) is 6.30. The summed E-state index contributed by atoms with van der Waals surface area (Å²) in [6.45, 7) is 0.505. The van der Waals surface area contributed by atoms with E-state index in [1.54, 1.807) is 12.1 Å². The van der Waals surface area contributed by atoms with E-state index in [1.807, 2.05) is 30.3 Å². The number of rotatable bonds is 5. The van der Waals surface area contributed by atoms with Crippen LogP contribution in [0.15, 0.2) is 53.1 Å². The second-order valence-electron chi connectivity index (χ2n) is 4.85. The molecule has 1 amide bonds. The Morgan fingerprint density at radius 1 is 1.27 bits per heavy atom. The van der Waals surface area contributed by atoms with Gasteiger partial charge in [0.05, 0.1) is 12.7 Å². The third-order valence-corrected chi connectivity index (χ3v) is 3.34. The lowest BCUT2D eigenvalue weighted by atomic mass is 10.2. The van der Waals surface area contributed by atoms with Crippen LogP contribution in [0.1, 0.15) is 16.1 Å². The summed E-state index contributed by atoms with van der Waals surface area (Å²) in [5.41, 5.74) is 1.37. The third kappa shape index (κ3) is 3.09. The molecule has 112 valence electrons. The molecule has 0 fully saturated rings. The molecule has 1 N–H and O–H groups in total. The molecular formula is C17H16N2O3. The Balaban J connectivity index is 1.56. The highest BCUT2D eigenvalue weighted by Crippen LogP contribution is 2.18. The Morgan fingerprint density at radius 3 is 2.86 bits per heavy atom. The highest BCUT2D eigenvalue weighted by atomic mass is 16.5. The molecule has 0 atom stereocenters. The molecule has 0 aliphatic rings. The largest absolute Gasteiger partial charge is 0.481 e. The second-order valence-corrected chi connectivity index (χ2v) is 4.85. The van der Waals surface area contributed by atoms with Gasteiger partial charge in [0.25, 0.3) is 5.91 Å². The van der Waals surface area contributed by atoms with Crippen LogP contribution < -0.4 is 10.1 Å². The van der Waals surface area contributed by atoms with Gasteiger partial charge < -0.3 is 14.5 Å². The van der Waals surface area contributed by atoms with Crippen molar-refractivity contribution in [2.24, 2.45) is 0 Å². The first-order chi connectivity index (χ1) is 10.8. The fourth-order valence-electron chi connectivity index (χ4n) is 2.20. The molecule has 2 heterocycles. The third-order valence-electron chi connectivity index (χ3n) is 3.34. The standard InChI is InChI=1S/C17H16N2O3/c1-21-16-7-6-13(11-19-16)17(20)18-9-8-14-10-12-4-2-3-5-15(12)22-14/h2-7,10-11H,8-9H2,1H3,(H,18,20). The van der Waals surface area contributed by atoms with E-state index in [0.29, 0.717) is 24.4 Å². The Morgan fingerprint density at radius 2 is 2.14 bits per heavy atom. The number of para-hydroxylation sites is 1. The molecule has 1 aromatic carbocycles. The lowest BCUT2D eigenvalue weighted by molar-refractivity contribution is 0.0953. The fraction of sp³-hybridized carbons (Fsp3) is 0.176. The Labute approximate surface area is 127 Å². The summed E-state index contributed by atoms with van der Waals surface area (Å²) in [4.78, 5) is 16.0. The van der Waals surface area contributed by atoms with E-state index < -0.39 is 0 Å². The average molecular weight is 296 g/mol. The molecule has 3 aromatic rings. The van der Waals surface area contributed by atoms with Gasteiger partial charge >= 0.3 is 0 Å². The van der Waals surface area contributed by atoms with Crippen molar-refractivity contribution in [2.75, 3.05) is 13.7 Å². The minimum Gasteiger partial charge on any atom is -0.481 e. The van der Waals surface area contributed by atoms with Gasteiger partial charge in [0.15, 0.2) is 0 Å². The number of benzene rings is 1. The topological polar surface area (TPSA) is 64.4 Å². The van der Waals surface area contributed by atoms with Crippen LogP contribution in [0.25, 0.3) is 11.0 Å². The molecule has 0 saturated carbocycles. The van der Waals surface area contributed by atoms with Gasteiger partial charge in [-0.25, -0.2) is 4.98 Å². The van der Waals surface area contributed by atoms with E-state index in [2.05, 4.69) is 10.3 Å². The Bertz CT molecular complexity index is 745. The van der Waals surface area contributed by atoms with Crippen LogP contribution in [0.3, 0.4) is 0 Å². The van der Waals surface area contributed by atoms with E-state index in [-0.39, 0.29) is 5.91 Å². The number of amides is 1. The van der Waals surface area contributed by atoms with E-state index in [0.717, 1.165) is 16.7 Å². The van der Waals surface area contributed by atoms with Gasteiger partial charge in [-0.1, -0.05) is 18.2 Å². The number of furan rings is 1. The van der Waals surface area contributed by atoms with Crippen LogP contribution >= 0.6 is 0 Å². The van der Waals surface area contributed by atoms with Crippen molar-refractivity contribution in [3.63, 3.8) is 0 Å². The molecule has 0 saturated heterocycles. The summed E-state index contributed by atoms with van der Waals surface area (Å²) >= 11 is 0. The monoisotopic (exact) mass is 296 g/mol. The van der Waals surface area contributed by atoms with Crippen molar-refractivity contribution < 1.29 is 13.9 Å². The summed E-state index contributed by atoms with van der Waals surface area (Å²) in [6.07, 6.45) is 2.14. The summed E-state index contributed by atoms with van der Waals surface area (Å²) in [5.74, 6) is 1.18. The number of aromatic nitrogens is 1. The smallest absolute Gasteiger partial charge is 0.252 e. The number of hydrogen-bond donors (Lipinski definition) is 1. The predicted molar refractivity (Wildman–Crippen MR) is 83.0 cm³/mol. The van der Waals surface area contributed by atoms with Crippen LogP contribution in [0.5, 0.6) is 5.88 Å². The first-order valence-corrected chi connectivity index (χ1v) is 7.02. The number of ether oxygens (including phenoxy) is 1. The van der Waals surface area contributed by atoms with Gasteiger partial charge in [-0.2, -0.15) is 0 Å². The van der Waals surface area contributed by atoms with E-state index in [4.69, 9.17) is 9.15 Å². The molecule has 0 aliphatic carbocycles. The predicted octanol–water partition coefficient (Wildman–Crippen LogP) is 2.81. The van der Waals surface area contributed by atoms with Crippen LogP contribution in [-0.4, -0.2) is 24.5 Å². The first kappa shape index (κ1) is 14.1. The molecule has 2 aromatic heterocycles. The van der Waals surface area contributed by atoms with Crippen molar-refractivity contribution in [1.29, 1.82) is 0 Å². The van der Waals surface area contributed by atoms with Gasteiger partial charge in [0.1, 0.15) is 11.3 Å². The van der Waals surface area contributed by atoms with Crippen molar-refractivity contribution in [3.8, 4) is 5.88 Å². The number of methoxy groups -OCH3 is 1. The Kier molecular flexibility index (Phi) is 4.05. The quantitative estimate of drug-likeness (QED) is 0.786. The highest BCUT2D eigenvalue weighted by molar-refractivity contribution is 5.93. The number of carbonyl (C=O) groups is 1. The molecule has 0 aliphatic heterocycles. The molecule has 3 rings (SSSR count). The zero-order valence-corrected chi connectivity index (χ0v) is 12.2. The summed E-state index contributed by atoms with van der Waals surface area (Å²) in [6, 6.07) is 13.2. The molecule has 5 nitrogen and oxygen atoms in total. The van der Waals surface area contributed by atoms with Crippen molar-refractivity contribution >= 4 is 16.9 Å². The Hall–Kier alpha value is -2.82. The van der Waals surface area contributed by atoms with E-state index in [9.17, 15) is 4.79 Å². The lowest BCUT2D eigenvalue weighted by Crippen LogP contribution is -2.25. The fourth-order valence-corrected chi connectivity index (χ4v) is 2.20. The highest BCUT2D eigenvalue weighted by Gasteiger charge is 2.07. The van der Waals surface area contributed by atoms with Gasteiger partial charge in [-0.15, -0.1) is 0 Å². The maximum Gasteiger partial charge on any atom is 0.252 e. The number of nitrogens with one attached hydrogen (secondary N) is 1. The normalized spacial score (nSPS) is 10.6. The van der Waals surface area contributed by atoms with E-state index >= 15 is 0 Å². The van der Waals surface area contributed by atoms with Crippen molar-refractivity contribution in [2.45, 2.75) is 6.42 Å². The lowest BCUT2D eigenvalue weighted by Gasteiger charge is -2.04. The van der Waals surface area contributed by atoms with Crippen LogP contribution in [0.4, 0.5) is 0 Å². The molecule has 22 heavy (non-hydrogen) atoms. The summed E-state index contributed by atoms with van der Waals surface area (Å²) in [7, 11) is 1.54. The van der Waals surface area contributed by atoms with Crippen LogP contribution in [0, 0.1) is 0 Å². The minimum atomic E-state index is -0.161. The summed E-state index contributed by atoms with van der Waals surface area (Å²) in [5, 5.41) is 3.92. The van der Waals surface area contributed by atoms with Gasteiger partial charge in [0, 0.05) is 30.6 Å². The summed E-state index contributed by atoms with van der Waals surface area (Å²) < 4.78 is 10.7. The SMILES string of the molecule is COc1ccc(C(=O)NCCc2cc3ccccc3o2)cn1. The zero-order valence-electron chi connectivity index (χ0n) is 12.2. The zero-order chi connectivity index (χ0) is 15.4. The van der Waals surface area contributed by atoms with Crippen LogP contribution in [0.2, 0.25) is 0 Å². The van der Waals surface area contributed by atoms with Gasteiger partial charge in [0.2, 0.25) is 5.88 Å². The number of carbonyl (C=O) groups excluding carboxylic acids is 1. The average Bonchev–Trinajstić information content (AvgIpc) is 2.97. The molecule has 0 spiro atoms. The number of pyridine rings is 1. The number of hydrogen-bond acceptors (Lipinski definition) is 4. The molecule has 0 radical (unpaired) electrons. The molecule has 0 unspecified atom stereocenters. The molecule has 0 bridgehead atoms. The number of fused-ring (bicyclic) bond motifs is 1.